The molecular weight excluding hydrogens is 323 g/mol. The normalized spacial score (nSPS) is 12.7. The smallest absolute Gasteiger partial charge is 0.297 e. The second-order valence-electron chi connectivity index (χ2n) is 6.25. The molecule has 3 aromatic rings. The van der Waals surface area contributed by atoms with E-state index in [0.717, 1.165) is 0 Å². The first-order valence-corrected chi connectivity index (χ1v) is 8.21. The summed E-state index contributed by atoms with van der Waals surface area (Å²) in [6, 6.07) is 6.46. The van der Waals surface area contributed by atoms with Crippen LogP contribution in [0.1, 0.15) is 38.3 Å². The Balaban J connectivity index is 1.97. The number of halogens is 1. The minimum atomic E-state index is -0.328. The third-order valence-electron chi connectivity index (χ3n) is 3.84. The summed E-state index contributed by atoms with van der Waals surface area (Å²) < 4.78 is 20.5. The zero-order valence-electron chi connectivity index (χ0n) is 14.7. The standard InChI is InChI=1S/C17H21FN6O/c1-10(2)16-21-15(17-20-14(23-25-17)8-11(3)19-4)22-24(16)13-7-5-6-12(18)9-13/h5-7,9-11,19H,8H2,1-4H3. The molecule has 0 aliphatic rings. The SMILES string of the molecule is CNC(C)Cc1noc(-c2nc(C(C)C)n(-c3cccc(F)c3)n2)n1. The van der Waals surface area contributed by atoms with E-state index in [-0.39, 0.29) is 23.7 Å². The first-order chi connectivity index (χ1) is 12.0. The molecule has 0 bridgehead atoms. The fraction of sp³-hybridized carbons (Fsp3) is 0.412. The number of aromatic nitrogens is 5. The van der Waals surface area contributed by atoms with Crippen LogP contribution in [0.15, 0.2) is 28.8 Å². The molecule has 1 atom stereocenters. The highest BCUT2D eigenvalue weighted by Gasteiger charge is 2.20. The molecule has 8 heteroatoms. The Bertz CT molecular complexity index is 856. The van der Waals surface area contributed by atoms with Gasteiger partial charge in [-0.05, 0) is 32.2 Å². The Morgan fingerprint density at radius 1 is 1.24 bits per heavy atom. The van der Waals surface area contributed by atoms with E-state index in [4.69, 9.17) is 4.52 Å². The van der Waals surface area contributed by atoms with E-state index in [0.29, 0.717) is 29.6 Å². The van der Waals surface area contributed by atoms with Gasteiger partial charge in [-0.2, -0.15) is 4.98 Å². The lowest BCUT2D eigenvalue weighted by molar-refractivity contribution is 0.415. The van der Waals surface area contributed by atoms with Crippen LogP contribution in [0, 0.1) is 5.82 Å². The van der Waals surface area contributed by atoms with Gasteiger partial charge in [-0.15, -0.1) is 5.10 Å². The first-order valence-electron chi connectivity index (χ1n) is 8.21. The van der Waals surface area contributed by atoms with Gasteiger partial charge in [0, 0.05) is 18.4 Å². The highest BCUT2D eigenvalue weighted by atomic mass is 19.1. The molecule has 3 rings (SSSR count). The van der Waals surface area contributed by atoms with E-state index in [1.54, 1.807) is 16.8 Å². The molecule has 132 valence electrons. The molecule has 1 N–H and O–H groups in total. The van der Waals surface area contributed by atoms with Crippen LogP contribution in [0.3, 0.4) is 0 Å². The molecule has 0 saturated heterocycles. The zero-order chi connectivity index (χ0) is 18.0. The lowest BCUT2D eigenvalue weighted by Gasteiger charge is -2.07. The van der Waals surface area contributed by atoms with E-state index in [2.05, 4.69) is 25.5 Å². The van der Waals surface area contributed by atoms with Crippen molar-refractivity contribution in [1.82, 2.24) is 30.2 Å². The predicted molar refractivity (Wildman–Crippen MR) is 90.9 cm³/mol. The average molecular weight is 344 g/mol. The van der Waals surface area contributed by atoms with Crippen LogP contribution < -0.4 is 5.32 Å². The minimum absolute atomic E-state index is 0.0937. The summed E-state index contributed by atoms with van der Waals surface area (Å²) in [5.74, 6) is 1.65. The summed E-state index contributed by atoms with van der Waals surface area (Å²) in [5, 5.41) is 11.6. The molecular formula is C17H21FN6O. The van der Waals surface area contributed by atoms with E-state index in [9.17, 15) is 4.39 Å². The van der Waals surface area contributed by atoms with Crippen molar-refractivity contribution in [3.63, 3.8) is 0 Å². The van der Waals surface area contributed by atoms with Gasteiger partial charge in [0.15, 0.2) is 5.82 Å². The Kier molecular flexibility index (Phi) is 4.89. The molecule has 0 radical (unpaired) electrons. The molecule has 1 unspecified atom stereocenters. The van der Waals surface area contributed by atoms with Crippen LogP contribution in [0.5, 0.6) is 0 Å². The number of rotatable bonds is 6. The van der Waals surface area contributed by atoms with E-state index in [1.165, 1.54) is 12.1 Å². The lowest BCUT2D eigenvalue weighted by atomic mass is 10.2. The minimum Gasteiger partial charge on any atom is -0.330 e. The monoisotopic (exact) mass is 344 g/mol. The molecule has 7 nitrogen and oxygen atoms in total. The maximum absolute atomic E-state index is 13.6. The van der Waals surface area contributed by atoms with Crippen molar-refractivity contribution in [3.8, 4) is 17.4 Å². The fourth-order valence-corrected chi connectivity index (χ4v) is 2.39. The lowest BCUT2D eigenvalue weighted by Crippen LogP contribution is -2.24. The van der Waals surface area contributed by atoms with Crippen LogP contribution >= 0.6 is 0 Å². The van der Waals surface area contributed by atoms with Crippen LogP contribution in [0.4, 0.5) is 4.39 Å². The second-order valence-corrected chi connectivity index (χ2v) is 6.25. The Labute approximate surface area is 145 Å². The van der Waals surface area contributed by atoms with Crippen molar-refractivity contribution in [1.29, 1.82) is 0 Å². The van der Waals surface area contributed by atoms with Crippen molar-refractivity contribution in [2.75, 3.05) is 7.05 Å². The summed E-state index contributed by atoms with van der Waals surface area (Å²) in [5.41, 5.74) is 0.603. The van der Waals surface area contributed by atoms with Crippen LogP contribution in [0.2, 0.25) is 0 Å². The van der Waals surface area contributed by atoms with Gasteiger partial charge in [-0.1, -0.05) is 25.1 Å². The van der Waals surface area contributed by atoms with Gasteiger partial charge in [0.25, 0.3) is 5.89 Å². The predicted octanol–water partition coefficient (Wildman–Crippen LogP) is 2.73. The second kappa shape index (κ2) is 7.10. The van der Waals surface area contributed by atoms with Crippen LogP contribution in [0.25, 0.3) is 17.4 Å². The van der Waals surface area contributed by atoms with Crippen molar-refractivity contribution >= 4 is 0 Å². The van der Waals surface area contributed by atoms with Gasteiger partial charge < -0.3 is 9.84 Å². The van der Waals surface area contributed by atoms with E-state index in [1.807, 2.05) is 27.8 Å². The molecule has 0 aliphatic heterocycles. The molecule has 2 heterocycles. The quantitative estimate of drug-likeness (QED) is 0.740. The van der Waals surface area contributed by atoms with Crippen molar-refractivity contribution in [2.24, 2.45) is 0 Å². The molecule has 0 spiro atoms. The Morgan fingerprint density at radius 3 is 2.72 bits per heavy atom. The maximum atomic E-state index is 13.6. The maximum Gasteiger partial charge on any atom is 0.297 e. The molecule has 0 amide bonds. The largest absolute Gasteiger partial charge is 0.330 e. The number of hydrogen-bond acceptors (Lipinski definition) is 6. The summed E-state index contributed by atoms with van der Waals surface area (Å²) in [7, 11) is 1.88. The molecule has 2 aromatic heterocycles. The van der Waals surface area contributed by atoms with Gasteiger partial charge in [0.1, 0.15) is 11.6 Å². The van der Waals surface area contributed by atoms with Gasteiger partial charge in [0.05, 0.1) is 5.69 Å². The number of nitrogens with zero attached hydrogens (tertiary/aromatic N) is 5. The van der Waals surface area contributed by atoms with Crippen LogP contribution in [-0.4, -0.2) is 38.0 Å². The van der Waals surface area contributed by atoms with Crippen molar-refractivity contribution in [2.45, 2.75) is 39.2 Å². The van der Waals surface area contributed by atoms with Gasteiger partial charge in [-0.25, -0.2) is 14.1 Å². The molecule has 1 aromatic carbocycles. The molecule has 0 aliphatic carbocycles. The van der Waals surface area contributed by atoms with E-state index < -0.39 is 0 Å². The highest BCUT2D eigenvalue weighted by molar-refractivity contribution is 5.42. The Morgan fingerprint density at radius 2 is 2.04 bits per heavy atom. The highest BCUT2D eigenvalue weighted by Crippen LogP contribution is 2.22. The zero-order valence-corrected chi connectivity index (χ0v) is 14.7. The number of likely N-dealkylation sites (N-methyl/N-ethyl adjacent to an activating group) is 1. The average Bonchev–Trinajstić information content (AvgIpc) is 3.21. The summed E-state index contributed by atoms with van der Waals surface area (Å²) in [6.07, 6.45) is 0.641. The topological polar surface area (TPSA) is 81.7 Å². The number of nitrogens with one attached hydrogen (secondary N) is 1. The summed E-state index contributed by atoms with van der Waals surface area (Å²) >= 11 is 0. The third-order valence-corrected chi connectivity index (χ3v) is 3.84. The van der Waals surface area contributed by atoms with Gasteiger partial charge >= 0.3 is 0 Å². The van der Waals surface area contributed by atoms with Crippen molar-refractivity contribution < 1.29 is 8.91 Å². The third kappa shape index (κ3) is 3.74. The van der Waals surface area contributed by atoms with Crippen LogP contribution in [-0.2, 0) is 6.42 Å². The van der Waals surface area contributed by atoms with E-state index >= 15 is 0 Å². The van der Waals surface area contributed by atoms with Gasteiger partial charge in [0.2, 0.25) is 5.82 Å². The number of benzene rings is 1. The van der Waals surface area contributed by atoms with Gasteiger partial charge in [-0.3, -0.25) is 0 Å². The Hall–Kier alpha value is -2.61. The first kappa shape index (κ1) is 17.2. The fourth-order valence-electron chi connectivity index (χ4n) is 2.39. The molecule has 0 fully saturated rings. The molecule has 25 heavy (non-hydrogen) atoms. The molecule has 0 saturated carbocycles. The summed E-state index contributed by atoms with van der Waals surface area (Å²) in [6.45, 7) is 6.03. The van der Waals surface area contributed by atoms with Crippen molar-refractivity contribution in [3.05, 3.63) is 41.7 Å². The number of hydrogen-bond donors (Lipinski definition) is 1. The summed E-state index contributed by atoms with van der Waals surface area (Å²) in [4.78, 5) is 8.88.